The van der Waals surface area contributed by atoms with Crippen LogP contribution in [0.15, 0.2) is 101 Å². The third kappa shape index (κ3) is 7.48. The molecule has 1 aromatic heterocycles. The smallest absolute Gasteiger partial charge is 0.279 e. The topological polar surface area (TPSA) is 128 Å². The first kappa shape index (κ1) is 38.2. The van der Waals surface area contributed by atoms with Gasteiger partial charge in [-0.25, -0.2) is 4.68 Å². The summed E-state index contributed by atoms with van der Waals surface area (Å²) in [4.78, 5) is 57.9. The Bertz CT molecular complexity index is 2090. The summed E-state index contributed by atoms with van der Waals surface area (Å²) in [6, 6.07) is 22.5. The highest BCUT2D eigenvalue weighted by atomic mass is 28.4. The molecule has 0 aliphatic carbocycles. The largest absolute Gasteiger partial charge is 0.432 e. The Morgan fingerprint density at radius 2 is 1.74 bits per heavy atom. The van der Waals surface area contributed by atoms with Crippen molar-refractivity contribution in [3.05, 3.63) is 118 Å². The Balaban J connectivity index is 1.42. The molecule has 280 valence electrons. The fourth-order valence-corrected chi connectivity index (χ4v) is 10.8. The molecule has 2 aliphatic rings. The molecule has 3 N–H and O–H groups in total. The van der Waals surface area contributed by atoms with Gasteiger partial charge in [-0.2, -0.15) is 0 Å². The molecule has 53 heavy (non-hydrogen) atoms. The normalized spacial score (nSPS) is 21.4. The van der Waals surface area contributed by atoms with Crippen LogP contribution in [0.5, 0.6) is 0 Å². The van der Waals surface area contributed by atoms with E-state index in [1.807, 2.05) is 86.7 Å². The summed E-state index contributed by atoms with van der Waals surface area (Å²) in [6.07, 6.45) is 5.23. The first-order chi connectivity index (χ1) is 25.3. The highest BCUT2D eigenvalue weighted by Crippen LogP contribution is 2.60. The van der Waals surface area contributed by atoms with E-state index in [9.17, 15) is 19.5 Å². The van der Waals surface area contributed by atoms with Crippen LogP contribution >= 0.6 is 0 Å². The Morgan fingerprint density at radius 3 is 2.42 bits per heavy atom. The molecule has 0 saturated carbocycles. The highest BCUT2D eigenvalue weighted by Gasteiger charge is 2.66. The highest BCUT2D eigenvalue weighted by molar-refractivity contribution is 6.71. The number of H-pyrrole nitrogens is 1. The Morgan fingerprint density at radius 1 is 1.02 bits per heavy atom. The number of benzene rings is 3. The number of fused-ring (bicyclic) bond motifs is 3. The van der Waals surface area contributed by atoms with Crippen molar-refractivity contribution in [2.24, 2.45) is 5.92 Å². The van der Waals surface area contributed by atoms with Crippen LogP contribution in [-0.2, 0) is 26.5 Å². The molecule has 1 fully saturated rings. The average molecular weight is 737 g/mol. The monoisotopic (exact) mass is 736 g/mol. The molecule has 1 spiro atoms. The average Bonchev–Trinajstić information content (AvgIpc) is 3.70. The number of ether oxygens (including phenoxy) is 1. The molecule has 11 heteroatoms. The second-order valence-electron chi connectivity index (χ2n) is 15.4. The zero-order valence-corrected chi connectivity index (χ0v) is 32.6. The minimum atomic E-state index is -3.08. The van der Waals surface area contributed by atoms with Gasteiger partial charge in [0.1, 0.15) is 0 Å². The van der Waals surface area contributed by atoms with Gasteiger partial charge in [-0.15, -0.1) is 0 Å². The number of aromatic amines is 1. The fourth-order valence-electron chi connectivity index (χ4n) is 8.28. The van der Waals surface area contributed by atoms with Gasteiger partial charge in [-0.05, 0) is 82.6 Å². The molecule has 10 nitrogen and oxygen atoms in total. The maximum absolute atomic E-state index is 15.0. The minimum Gasteiger partial charge on any atom is -0.432 e. The maximum atomic E-state index is 15.0. The number of para-hydroxylation sites is 1. The van der Waals surface area contributed by atoms with Crippen molar-refractivity contribution >= 4 is 36.7 Å². The summed E-state index contributed by atoms with van der Waals surface area (Å²) < 4.78 is 8.49. The summed E-state index contributed by atoms with van der Waals surface area (Å²) in [6.45, 7) is 12.4. The number of hydrogen-bond donors (Lipinski definition) is 3. The fraction of sp³-hybridized carbons (Fsp3) is 0.405. The number of carbonyl (C=O) groups is 2. The van der Waals surface area contributed by atoms with Gasteiger partial charge >= 0.3 is 0 Å². The molecule has 2 aliphatic heterocycles. The van der Waals surface area contributed by atoms with Crippen LogP contribution < -0.4 is 10.5 Å². The van der Waals surface area contributed by atoms with E-state index in [0.717, 1.165) is 24.0 Å². The molecule has 1 saturated heterocycles. The summed E-state index contributed by atoms with van der Waals surface area (Å²) in [5, 5.41) is 13.7. The number of carbonyl (C=O) groups excluding carboxylic acids is 2. The van der Waals surface area contributed by atoms with Crippen molar-refractivity contribution in [2.75, 3.05) is 24.6 Å². The first-order valence-corrected chi connectivity index (χ1v) is 21.6. The molecule has 0 radical (unpaired) electrons. The zero-order valence-electron chi connectivity index (χ0n) is 31.6. The molecule has 6 rings (SSSR count). The molecular weight excluding hydrogens is 685 g/mol. The number of aliphatic hydroxyl groups excluding tert-OH is 1. The van der Waals surface area contributed by atoms with Gasteiger partial charge in [-0.1, -0.05) is 72.7 Å². The van der Waals surface area contributed by atoms with Gasteiger partial charge in [0.15, 0.2) is 13.9 Å². The van der Waals surface area contributed by atoms with Crippen molar-refractivity contribution in [3.63, 3.8) is 0 Å². The van der Waals surface area contributed by atoms with Crippen molar-refractivity contribution in [1.29, 1.82) is 0 Å². The van der Waals surface area contributed by atoms with Crippen LogP contribution in [0.25, 0.3) is 16.6 Å². The summed E-state index contributed by atoms with van der Waals surface area (Å²) >= 11 is 0. The molecule has 4 aromatic rings. The number of aromatic nitrogens is 2. The van der Waals surface area contributed by atoms with E-state index in [1.54, 1.807) is 15.9 Å². The van der Waals surface area contributed by atoms with Crippen molar-refractivity contribution < 1.29 is 24.2 Å². The van der Waals surface area contributed by atoms with Crippen LogP contribution in [0.4, 0.5) is 5.69 Å². The molecule has 2 amide bonds. The lowest BCUT2D eigenvalue weighted by molar-refractivity contribution is -0.149. The van der Waals surface area contributed by atoms with Gasteiger partial charge < -0.3 is 24.4 Å². The van der Waals surface area contributed by atoms with Gasteiger partial charge in [0, 0.05) is 36.7 Å². The lowest BCUT2D eigenvalue weighted by Gasteiger charge is -2.32. The quantitative estimate of drug-likeness (QED) is 0.105. The molecule has 0 bridgehead atoms. The van der Waals surface area contributed by atoms with Gasteiger partial charge in [-0.3, -0.25) is 19.5 Å². The SMILES string of the molecule is CC(C)=CCC/C(C)=C/CN1C(=O)[C@@]2(O[C@@H](CC(=O)N(CCO)Cc3ccccc3)[C@H]([Si](C)(C)O)[C@H]2C)c2cc(-n3[nH]c4ccccc4c3=O)ccc21. The van der Waals surface area contributed by atoms with Crippen LogP contribution in [-0.4, -0.2) is 70.5 Å². The lowest BCUT2D eigenvalue weighted by atomic mass is 9.82. The Labute approximate surface area is 312 Å². The predicted octanol–water partition coefficient (Wildman–Crippen LogP) is 6.57. The van der Waals surface area contributed by atoms with Crippen LogP contribution in [0.1, 0.15) is 58.1 Å². The van der Waals surface area contributed by atoms with E-state index in [2.05, 4.69) is 38.0 Å². The number of aliphatic hydroxyl groups is 1. The summed E-state index contributed by atoms with van der Waals surface area (Å²) in [5.74, 6) is -0.971. The van der Waals surface area contributed by atoms with E-state index in [4.69, 9.17) is 4.74 Å². The Hall–Kier alpha value is -4.55. The molecular formula is C42H52N4O6Si. The van der Waals surface area contributed by atoms with E-state index < -0.39 is 31.5 Å². The van der Waals surface area contributed by atoms with Crippen LogP contribution in [0, 0.1) is 5.92 Å². The van der Waals surface area contributed by atoms with E-state index in [1.165, 1.54) is 10.3 Å². The number of nitrogens with zero attached hydrogens (tertiary/aromatic N) is 3. The van der Waals surface area contributed by atoms with Crippen molar-refractivity contribution in [3.8, 4) is 5.69 Å². The van der Waals surface area contributed by atoms with E-state index in [-0.39, 0.29) is 36.9 Å². The van der Waals surface area contributed by atoms with Gasteiger partial charge in [0.25, 0.3) is 11.5 Å². The molecule has 4 atom stereocenters. The van der Waals surface area contributed by atoms with E-state index in [0.29, 0.717) is 40.9 Å². The zero-order chi connectivity index (χ0) is 38.1. The number of anilines is 1. The van der Waals surface area contributed by atoms with Crippen molar-refractivity contribution in [2.45, 2.75) is 83.8 Å². The van der Waals surface area contributed by atoms with Gasteiger partial charge in [0.2, 0.25) is 5.91 Å². The summed E-state index contributed by atoms with van der Waals surface area (Å²) in [7, 11) is -3.08. The van der Waals surface area contributed by atoms with Gasteiger partial charge in [0.05, 0.1) is 41.4 Å². The van der Waals surface area contributed by atoms with Crippen molar-refractivity contribution in [1.82, 2.24) is 14.7 Å². The third-order valence-electron chi connectivity index (χ3n) is 10.8. The number of allylic oxidation sites excluding steroid dienone is 3. The number of rotatable bonds is 13. The minimum absolute atomic E-state index is 0.0618. The second-order valence-corrected chi connectivity index (χ2v) is 19.3. The maximum Gasteiger partial charge on any atom is 0.279 e. The number of amides is 2. The van der Waals surface area contributed by atoms with Crippen LogP contribution in [0.2, 0.25) is 18.6 Å². The number of nitrogens with one attached hydrogen (secondary N) is 1. The number of hydrogen-bond acceptors (Lipinski definition) is 6. The third-order valence-corrected chi connectivity index (χ3v) is 13.3. The van der Waals surface area contributed by atoms with E-state index >= 15 is 4.79 Å². The summed E-state index contributed by atoms with van der Waals surface area (Å²) in [5.41, 5.74) is 3.70. The van der Waals surface area contributed by atoms with Crippen LogP contribution in [0.3, 0.4) is 0 Å². The lowest BCUT2D eigenvalue weighted by Crippen LogP contribution is -2.46. The first-order valence-electron chi connectivity index (χ1n) is 18.5. The molecule has 3 heterocycles. The second kappa shape index (κ2) is 15.4. The standard InChI is InChI=1S/C42H52N4O6Si/c1-28(2)13-12-14-29(3)21-22-45-36-20-19-32(46-40(49)33-17-10-11-18-35(33)43-46)25-34(36)42(41(45)50)30(4)39(53(5,6)51)37(52-42)26-38(48)44(23-24-47)27-31-15-8-7-9-16-31/h7-11,13,15-21,25,30,37,39,43,47,51H,12,14,22-24,26-27H2,1-6H3/b29-21+/t30-,37+,39-,42+/m1/s1. The molecule has 3 aromatic carbocycles. The predicted molar refractivity (Wildman–Crippen MR) is 211 cm³/mol. The Kier molecular flexibility index (Phi) is 11.1. The molecule has 0 unspecified atom stereocenters.